The Morgan fingerprint density at radius 1 is 1.05 bits per heavy atom. The van der Waals surface area contributed by atoms with Gasteiger partial charge in [-0.3, -0.25) is 10.2 Å². The van der Waals surface area contributed by atoms with Crippen molar-refractivity contribution in [3.63, 3.8) is 0 Å². The lowest BCUT2D eigenvalue weighted by Gasteiger charge is -2.31. The van der Waals surface area contributed by atoms with Crippen molar-refractivity contribution in [2.24, 2.45) is 4.99 Å². The number of carbonyl (C=O) groups is 1. The molecule has 12 heteroatoms. The number of hydrogen-bond acceptors (Lipinski definition) is 6. The number of alkyl halides is 3. The van der Waals surface area contributed by atoms with Crippen LogP contribution in [0.4, 0.5) is 13.2 Å². The van der Waals surface area contributed by atoms with E-state index in [4.69, 9.17) is 19.6 Å². The highest BCUT2D eigenvalue weighted by atomic mass is 79.9. The largest absolute Gasteiger partial charge is 0.494 e. The number of carbonyl (C=O) groups excluding carboxylic acids is 1. The topological polar surface area (TPSA) is 92.2 Å². The molecule has 0 bridgehead atoms. The fourth-order valence-electron chi connectivity index (χ4n) is 4.18. The Bertz CT molecular complexity index is 1340. The second-order valence-electron chi connectivity index (χ2n) is 9.03. The van der Waals surface area contributed by atoms with E-state index in [2.05, 4.69) is 37.3 Å². The highest BCUT2D eigenvalue weighted by molar-refractivity contribution is 9.10. The Morgan fingerprint density at radius 3 is 2.40 bits per heavy atom. The lowest BCUT2D eigenvalue weighted by molar-refractivity contribution is -0.136. The van der Waals surface area contributed by atoms with Crippen molar-refractivity contribution in [2.45, 2.75) is 30.7 Å². The van der Waals surface area contributed by atoms with E-state index in [9.17, 15) is 18.0 Å². The molecule has 0 saturated carbocycles. The molecule has 0 radical (unpaired) electrons. The molecule has 1 heterocycles. The number of rotatable bonds is 11. The highest BCUT2D eigenvalue weighted by Gasteiger charge is 2.53. The summed E-state index contributed by atoms with van der Waals surface area (Å²) in [5.41, 5.74) is 4.44. The Morgan fingerprint density at radius 2 is 1.75 bits per heavy atom. The van der Waals surface area contributed by atoms with Crippen molar-refractivity contribution in [2.75, 3.05) is 19.8 Å². The van der Waals surface area contributed by atoms with Crippen molar-refractivity contribution in [1.29, 1.82) is 0 Å². The van der Waals surface area contributed by atoms with Crippen molar-refractivity contribution < 1.29 is 32.5 Å². The number of aliphatic hydroxyl groups is 1. The predicted molar refractivity (Wildman–Crippen MR) is 151 cm³/mol. The maximum absolute atomic E-state index is 13.8. The molecule has 0 spiro atoms. The van der Waals surface area contributed by atoms with E-state index < -0.39 is 30.3 Å². The summed E-state index contributed by atoms with van der Waals surface area (Å²) in [6.45, 7) is -1.05. The second-order valence-corrected chi connectivity index (χ2v) is 10.8. The van der Waals surface area contributed by atoms with Crippen LogP contribution in [0.3, 0.4) is 0 Å². The van der Waals surface area contributed by atoms with Gasteiger partial charge in [0.1, 0.15) is 12.3 Å². The number of aliphatic imine (C=N–C) groups is 1. The number of hydrazine groups is 1. The number of amides is 1. The molecule has 1 aliphatic heterocycles. The maximum atomic E-state index is 13.8. The number of aliphatic hydroxyl groups excluding tert-OH is 1. The van der Waals surface area contributed by atoms with E-state index in [1.807, 2.05) is 23.6 Å². The van der Waals surface area contributed by atoms with Crippen molar-refractivity contribution >= 4 is 43.7 Å². The summed E-state index contributed by atoms with van der Waals surface area (Å²) in [6.07, 6.45) is -4.98. The zero-order chi connectivity index (χ0) is 28.8. The number of nitrogens with one attached hydrogen (secondary N) is 2. The van der Waals surface area contributed by atoms with Gasteiger partial charge in [-0.25, -0.2) is 10.4 Å². The SMILES string of the molecule is O=C(NNCC(F)(F)F)[C@@]1(Cc2ccccc2Br)N=C(c2ccc(OCCCO)cc2)O[C@H]1c1ccc(Br)cc1. The van der Waals surface area contributed by atoms with Gasteiger partial charge in [0.15, 0.2) is 11.6 Å². The van der Waals surface area contributed by atoms with Crippen LogP contribution < -0.4 is 15.6 Å². The standard InChI is InChI=1S/C28H26Br2F3N3O4/c29-21-10-6-18(7-11-21)24-27(16-20-4-1-2-5-23(20)30,26(38)36-34-17-28(31,32)33)35-25(40-24)19-8-12-22(13-9-19)39-15-3-14-37/h1-2,4-13,24,34,37H,3,14-17H2,(H,36,38)/t24-,27-/m0/s1. The number of ether oxygens (including phenoxy) is 2. The normalized spacial score (nSPS) is 18.6. The molecule has 40 heavy (non-hydrogen) atoms. The molecule has 3 N–H and O–H groups in total. The Labute approximate surface area is 246 Å². The number of hydrogen-bond donors (Lipinski definition) is 3. The van der Waals surface area contributed by atoms with Crippen molar-refractivity contribution in [3.05, 3.63) is 98.4 Å². The molecule has 0 saturated heterocycles. The summed E-state index contributed by atoms with van der Waals surface area (Å²) in [4.78, 5) is 18.6. The first-order chi connectivity index (χ1) is 19.1. The molecule has 3 aromatic rings. The van der Waals surface area contributed by atoms with E-state index >= 15 is 0 Å². The fourth-order valence-corrected chi connectivity index (χ4v) is 4.87. The van der Waals surface area contributed by atoms with Gasteiger partial charge in [-0.05, 0) is 53.6 Å². The highest BCUT2D eigenvalue weighted by Crippen LogP contribution is 2.43. The minimum Gasteiger partial charge on any atom is -0.494 e. The Kier molecular flexibility index (Phi) is 9.88. The third-order valence-corrected chi connectivity index (χ3v) is 7.41. The molecule has 0 unspecified atom stereocenters. The number of halogens is 5. The van der Waals surface area contributed by atoms with Crippen LogP contribution >= 0.6 is 31.9 Å². The van der Waals surface area contributed by atoms with Crippen molar-refractivity contribution in [3.8, 4) is 5.75 Å². The van der Waals surface area contributed by atoms with Gasteiger partial charge in [-0.15, -0.1) is 0 Å². The molecule has 0 fully saturated rings. The van der Waals surface area contributed by atoms with Gasteiger partial charge in [-0.1, -0.05) is 62.2 Å². The molecule has 2 atom stereocenters. The zero-order valence-corrected chi connectivity index (χ0v) is 24.2. The minimum absolute atomic E-state index is 0.0136. The fraction of sp³-hybridized carbons (Fsp3) is 0.286. The molecule has 0 aromatic heterocycles. The quantitative estimate of drug-likeness (QED) is 0.179. The number of nitrogens with zero attached hydrogens (tertiary/aromatic N) is 1. The average Bonchev–Trinajstić information content (AvgIpc) is 3.31. The van der Waals surface area contributed by atoms with E-state index in [1.165, 1.54) is 0 Å². The van der Waals surface area contributed by atoms with Crippen LogP contribution in [-0.2, 0) is 16.0 Å². The average molecular weight is 685 g/mol. The van der Waals surface area contributed by atoms with Crippen molar-refractivity contribution in [1.82, 2.24) is 10.9 Å². The van der Waals surface area contributed by atoms with Crippen LogP contribution in [0.5, 0.6) is 5.75 Å². The van der Waals surface area contributed by atoms with Gasteiger partial charge in [0.05, 0.1) is 6.61 Å². The Hall–Kier alpha value is -2.93. The first-order valence-electron chi connectivity index (χ1n) is 12.3. The summed E-state index contributed by atoms with van der Waals surface area (Å²) >= 11 is 6.92. The second kappa shape index (κ2) is 13.2. The van der Waals surface area contributed by atoms with Gasteiger partial charge in [0.25, 0.3) is 5.91 Å². The molecule has 3 aromatic carbocycles. The summed E-state index contributed by atoms with van der Waals surface area (Å²) in [5, 5.41) is 8.97. The lowest BCUT2D eigenvalue weighted by Crippen LogP contribution is -2.55. The van der Waals surface area contributed by atoms with E-state index in [-0.39, 0.29) is 18.9 Å². The molecular formula is C28H26Br2F3N3O4. The lowest BCUT2D eigenvalue weighted by atomic mass is 9.82. The van der Waals surface area contributed by atoms with Crippen LogP contribution in [-0.4, -0.2) is 48.4 Å². The van der Waals surface area contributed by atoms with Gasteiger partial charge in [0, 0.05) is 34.0 Å². The van der Waals surface area contributed by atoms with Gasteiger partial charge < -0.3 is 14.6 Å². The van der Waals surface area contributed by atoms with Crippen LogP contribution in [0, 0.1) is 0 Å². The molecule has 1 amide bonds. The van der Waals surface area contributed by atoms with Crippen LogP contribution in [0.25, 0.3) is 0 Å². The minimum atomic E-state index is -4.53. The van der Waals surface area contributed by atoms with Crippen LogP contribution in [0.15, 0.2) is 86.7 Å². The first-order valence-corrected chi connectivity index (χ1v) is 13.9. The maximum Gasteiger partial charge on any atom is 0.402 e. The van der Waals surface area contributed by atoms with Gasteiger partial charge in [-0.2, -0.15) is 13.2 Å². The molecular weight excluding hydrogens is 659 g/mol. The number of benzene rings is 3. The summed E-state index contributed by atoms with van der Waals surface area (Å²) in [7, 11) is 0. The van der Waals surface area contributed by atoms with E-state index in [0.29, 0.717) is 34.4 Å². The molecule has 0 aliphatic carbocycles. The molecule has 7 nitrogen and oxygen atoms in total. The van der Waals surface area contributed by atoms with Gasteiger partial charge >= 0.3 is 6.18 Å². The van der Waals surface area contributed by atoms with Gasteiger partial charge in [0.2, 0.25) is 5.90 Å². The molecule has 212 valence electrons. The van der Waals surface area contributed by atoms with E-state index in [0.717, 1.165) is 10.0 Å². The Balaban J connectivity index is 1.76. The molecule has 1 aliphatic rings. The zero-order valence-electron chi connectivity index (χ0n) is 21.1. The predicted octanol–water partition coefficient (Wildman–Crippen LogP) is 5.66. The monoisotopic (exact) mass is 683 g/mol. The van der Waals surface area contributed by atoms with Crippen LogP contribution in [0.2, 0.25) is 0 Å². The summed E-state index contributed by atoms with van der Waals surface area (Å²) in [5.74, 6) is -0.0407. The third-order valence-electron chi connectivity index (χ3n) is 6.11. The van der Waals surface area contributed by atoms with Crippen LogP contribution in [0.1, 0.15) is 29.2 Å². The summed E-state index contributed by atoms with van der Waals surface area (Å²) in [6, 6.07) is 21.3. The summed E-state index contributed by atoms with van der Waals surface area (Å²) < 4.78 is 52.1. The molecule has 4 rings (SSSR count). The smallest absolute Gasteiger partial charge is 0.402 e. The van der Waals surface area contributed by atoms with E-state index in [1.54, 1.807) is 54.6 Å². The first kappa shape index (κ1) is 30.0. The third kappa shape index (κ3) is 7.42.